The van der Waals surface area contributed by atoms with Gasteiger partial charge in [0.05, 0.1) is 17.8 Å². The molecule has 2 unspecified atom stereocenters. The van der Waals surface area contributed by atoms with Crippen LogP contribution in [0.5, 0.6) is 0 Å². The van der Waals surface area contributed by atoms with E-state index in [1.165, 1.54) is 6.08 Å². The number of ether oxygens (including phenoxy) is 3. The quantitative estimate of drug-likeness (QED) is 0.580. The minimum Gasteiger partial charge on any atom is -0.392 e. The summed E-state index contributed by atoms with van der Waals surface area (Å²) < 4.78 is 18.4. The summed E-state index contributed by atoms with van der Waals surface area (Å²) in [5.74, 6) is -0.941. The molecule has 7 heteroatoms. The molecule has 0 amide bonds. The molecule has 2 saturated carbocycles. The van der Waals surface area contributed by atoms with Crippen LogP contribution in [-0.4, -0.2) is 69.1 Å². The Morgan fingerprint density at radius 1 is 1.16 bits per heavy atom. The number of carbonyl (C=O) groups is 1. The molecule has 9 atom stereocenters. The minimum absolute atomic E-state index is 0.0813. The normalized spacial score (nSPS) is 54.2. The van der Waals surface area contributed by atoms with Gasteiger partial charge in [-0.25, -0.2) is 0 Å². The van der Waals surface area contributed by atoms with Crippen molar-refractivity contribution in [3.05, 3.63) is 12.7 Å². The van der Waals surface area contributed by atoms with E-state index in [4.69, 9.17) is 14.2 Å². The second-order valence-electron chi connectivity index (χ2n) is 11.3. The van der Waals surface area contributed by atoms with Gasteiger partial charge in [0.15, 0.2) is 17.7 Å². The van der Waals surface area contributed by atoms with Gasteiger partial charge in [0.2, 0.25) is 0 Å². The predicted octanol–water partition coefficient (Wildman–Crippen LogP) is 2.11. The van der Waals surface area contributed by atoms with Crippen LogP contribution in [0.4, 0.5) is 0 Å². The SMILES string of the molecule is C=C[C@@]1(C)CC(=O)[C@]2(O)[C@@]3(C)[C@@H](O)CCC(C)(C)[C@@H]3C(OC3CCCO3)[C@H](O)[C@@]2(C)O1. The number of carbonyl (C=O) groups excluding carboxylic acids is 1. The summed E-state index contributed by atoms with van der Waals surface area (Å²) in [6, 6.07) is 0. The fourth-order valence-corrected chi connectivity index (χ4v) is 7.26. The average molecular weight is 439 g/mol. The van der Waals surface area contributed by atoms with Gasteiger partial charge in [0.1, 0.15) is 11.7 Å². The molecule has 4 aliphatic rings. The molecule has 4 rings (SSSR count). The molecule has 0 spiro atoms. The molecule has 2 saturated heterocycles. The Kier molecular flexibility index (Phi) is 5.33. The average Bonchev–Trinajstić information content (AvgIpc) is 3.20. The first-order valence-corrected chi connectivity index (χ1v) is 11.5. The van der Waals surface area contributed by atoms with Crippen molar-refractivity contribution in [2.75, 3.05) is 6.61 Å². The second-order valence-corrected chi connectivity index (χ2v) is 11.3. The van der Waals surface area contributed by atoms with E-state index in [9.17, 15) is 20.1 Å². The van der Waals surface area contributed by atoms with Crippen LogP contribution in [0.1, 0.15) is 66.7 Å². The molecule has 3 N–H and O–H groups in total. The topological polar surface area (TPSA) is 105 Å². The highest BCUT2D eigenvalue weighted by molar-refractivity contribution is 5.92. The van der Waals surface area contributed by atoms with Crippen LogP contribution in [0, 0.1) is 16.7 Å². The smallest absolute Gasteiger partial charge is 0.171 e. The molecule has 31 heavy (non-hydrogen) atoms. The first-order valence-electron chi connectivity index (χ1n) is 11.5. The number of hydrogen-bond donors (Lipinski definition) is 3. The first-order chi connectivity index (χ1) is 14.3. The maximum absolute atomic E-state index is 13.7. The summed E-state index contributed by atoms with van der Waals surface area (Å²) in [4.78, 5) is 13.7. The standard InChI is InChI=1S/C24H38O7/c1-7-21(4)13-15(26)24(28)22(5)14(25)10-11-20(2,3)18(22)17(19(27)23(24,6)31-21)30-16-9-8-12-29-16/h7,14,16-19,25,27-28H,1,8-13H2,2-6H3/t14-,16?,17?,18-,19-,21-,22-,23+,24-/m0/s1. The Labute approximate surface area is 184 Å². The van der Waals surface area contributed by atoms with Gasteiger partial charge >= 0.3 is 0 Å². The van der Waals surface area contributed by atoms with Crippen molar-refractivity contribution in [3.8, 4) is 0 Å². The Bertz CT molecular complexity index is 761. The lowest BCUT2D eigenvalue weighted by Crippen LogP contribution is -2.86. The largest absolute Gasteiger partial charge is 0.392 e. The van der Waals surface area contributed by atoms with Gasteiger partial charge in [-0.05, 0) is 38.5 Å². The number of Topliss-reactive ketones (excluding diaryl/α,β-unsaturated/α-hetero) is 1. The van der Waals surface area contributed by atoms with Gasteiger partial charge in [-0.1, -0.05) is 26.8 Å². The molecule has 2 heterocycles. The van der Waals surface area contributed by atoms with Crippen molar-refractivity contribution in [1.29, 1.82) is 0 Å². The molecule has 0 bridgehead atoms. The zero-order chi connectivity index (χ0) is 23.0. The summed E-state index contributed by atoms with van der Waals surface area (Å²) in [6.07, 6.45) is 0.614. The van der Waals surface area contributed by atoms with Gasteiger partial charge in [0, 0.05) is 30.8 Å². The third-order valence-corrected chi connectivity index (χ3v) is 8.93. The van der Waals surface area contributed by atoms with Gasteiger partial charge in [-0.15, -0.1) is 6.58 Å². The third-order valence-electron chi connectivity index (χ3n) is 8.93. The lowest BCUT2D eigenvalue weighted by atomic mass is 9.40. The lowest BCUT2D eigenvalue weighted by molar-refractivity contribution is -0.382. The first kappa shape index (κ1) is 23.3. The molecule has 176 valence electrons. The summed E-state index contributed by atoms with van der Waals surface area (Å²) in [5, 5.41) is 35.3. The lowest BCUT2D eigenvalue weighted by Gasteiger charge is -2.71. The van der Waals surface area contributed by atoms with Crippen LogP contribution in [0.25, 0.3) is 0 Å². The molecule has 0 aromatic carbocycles. The summed E-state index contributed by atoms with van der Waals surface area (Å²) in [7, 11) is 0. The molecular weight excluding hydrogens is 400 g/mol. The molecule has 4 fully saturated rings. The van der Waals surface area contributed by atoms with Crippen molar-refractivity contribution in [2.24, 2.45) is 16.7 Å². The molecule has 2 aliphatic carbocycles. The van der Waals surface area contributed by atoms with E-state index in [1.54, 1.807) is 20.8 Å². The van der Waals surface area contributed by atoms with Crippen LogP contribution >= 0.6 is 0 Å². The zero-order valence-electron chi connectivity index (χ0n) is 19.4. The van der Waals surface area contributed by atoms with Crippen molar-refractivity contribution < 1.29 is 34.3 Å². The number of fused-ring (bicyclic) bond motifs is 3. The number of aliphatic hydroxyl groups excluding tert-OH is 2. The van der Waals surface area contributed by atoms with Crippen molar-refractivity contribution in [1.82, 2.24) is 0 Å². The molecule has 0 aromatic heterocycles. The molecular formula is C24H38O7. The van der Waals surface area contributed by atoms with E-state index in [-0.39, 0.29) is 6.42 Å². The highest BCUT2D eigenvalue weighted by atomic mass is 16.7. The Hall–Kier alpha value is -0.830. The van der Waals surface area contributed by atoms with E-state index in [1.807, 2.05) is 0 Å². The Balaban J connectivity index is 1.92. The van der Waals surface area contributed by atoms with E-state index in [0.717, 1.165) is 6.42 Å². The molecule has 0 aromatic rings. The van der Waals surface area contributed by atoms with Crippen LogP contribution in [0.15, 0.2) is 12.7 Å². The highest BCUT2D eigenvalue weighted by Crippen LogP contribution is 2.67. The van der Waals surface area contributed by atoms with E-state index in [0.29, 0.717) is 25.9 Å². The zero-order valence-corrected chi connectivity index (χ0v) is 19.4. The van der Waals surface area contributed by atoms with Crippen LogP contribution in [0.3, 0.4) is 0 Å². The minimum atomic E-state index is -2.10. The molecule has 7 nitrogen and oxygen atoms in total. The van der Waals surface area contributed by atoms with Gasteiger partial charge in [-0.3, -0.25) is 4.79 Å². The van der Waals surface area contributed by atoms with E-state index < -0.39 is 63.9 Å². The van der Waals surface area contributed by atoms with Gasteiger partial charge in [-0.2, -0.15) is 0 Å². The van der Waals surface area contributed by atoms with Crippen molar-refractivity contribution >= 4 is 5.78 Å². The number of ketones is 1. The van der Waals surface area contributed by atoms with Crippen LogP contribution in [0.2, 0.25) is 0 Å². The highest BCUT2D eigenvalue weighted by Gasteiger charge is 2.80. The Morgan fingerprint density at radius 3 is 2.42 bits per heavy atom. The van der Waals surface area contributed by atoms with E-state index in [2.05, 4.69) is 20.4 Å². The van der Waals surface area contributed by atoms with Crippen LogP contribution in [-0.2, 0) is 19.0 Å². The third kappa shape index (κ3) is 2.90. The predicted molar refractivity (Wildman–Crippen MR) is 113 cm³/mol. The fraction of sp³-hybridized carbons (Fsp3) is 0.875. The summed E-state index contributed by atoms with van der Waals surface area (Å²) >= 11 is 0. The molecule has 2 aliphatic heterocycles. The monoisotopic (exact) mass is 438 g/mol. The van der Waals surface area contributed by atoms with E-state index >= 15 is 0 Å². The number of aliphatic hydroxyl groups is 3. The molecule has 0 radical (unpaired) electrons. The maximum Gasteiger partial charge on any atom is 0.171 e. The number of rotatable bonds is 3. The summed E-state index contributed by atoms with van der Waals surface area (Å²) in [5.41, 5.74) is -6.54. The van der Waals surface area contributed by atoms with Crippen LogP contribution < -0.4 is 0 Å². The van der Waals surface area contributed by atoms with Crippen molar-refractivity contribution in [3.63, 3.8) is 0 Å². The second kappa shape index (κ2) is 7.08. The number of hydrogen-bond acceptors (Lipinski definition) is 7. The fourth-order valence-electron chi connectivity index (χ4n) is 7.26. The summed E-state index contributed by atoms with van der Waals surface area (Å²) in [6.45, 7) is 13.5. The maximum atomic E-state index is 13.7. The van der Waals surface area contributed by atoms with Gasteiger partial charge < -0.3 is 29.5 Å². The van der Waals surface area contributed by atoms with Gasteiger partial charge in [0.25, 0.3) is 0 Å². The van der Waals surface area contributed by atoms with Crippen molar-refractivity contribution in [2.45, 2.75) is 108 Å². The Morgan fingerprint density at radius 2 is 1.84 bits per heavy atom.